The molecular formula is C25H21F3N4O2. The van der Waals surface area contributed by atoms with E-state index in [1.165, 1.54) is 12.3 Å². The maximum absolute atomic E-state index is 14.4. The van der Waals surface area contributed by atoms with Gasteiger partial charge in [0.25, 0.3) is 5.91 Å². The minimum atomic E-state index is -0.976. The van der Waals surface area contributed by atoms with Crippen molar-refractivity contribution in [3.05, 3.63) is 77.5 Å². The van der Waals surface area contributed by atoms with E-state index < -0.39 is 34.6 Å². The molecule has 34 heavy (non-hydrogen) atoms. The summed E-state index contributed by atoms with van der Waals surface area (Å²) in [6.07, 6.45) is 5.57. The maximum Gasteiger partial charge on any atom is 0.274 e. The van der Waals surface area contributed by atoms with Crippen LogP contribution < -0.4 is 11.1 Å². The zero-order valence-electron chi connectivity index (χ0n) is 18.0. The number of nitrogens with two attached hydrogens (primary N) is 1. The van der Waals surface area contributed by atoms with Crippen molar-refractivity contribution in [3.63, 3.8) is 0 Å². The van der Waals surface area contributed by atoms with Crippen LogP contribution in [0, 0.1) is 29.3 Å². The van der Waals surface area contributed by atoms with Crippen LogP contribution in [0.2, 0.25) is 0 Å². The normalized spacial score (nSPS) is 28.9. The van der Waals surface area contributed by atoms with Gasteiger partial charge in [0.2, 0.25) is 0 Å². The molecule has 2 saturated carbocycles. The Morgan fingerprint density at radius 2 is 1.88 bits per heavy atom. The first-order valence-electron chi connectivity index (χ1n) is 11.2. The van der Waals surface area contributed by atoms with Crippen molar-refractivity contribution in [2.45, 2.75) is 37.0 Å². The minimum Gasteiger partial charge on any atom is -0.366 e. The molecule has 1 aromatic carbocycles. The zero-order chi connectivity index (χ0) is 23.6. The Morgan fingerprint density at radius 3 is 2.62 bits per heavy atom. The number of anilines is 1. The Morgan fingerprint density at radius 1 is 1.09 bits per heavy atom. The van der Waals surface area contributed by atoms with Crippen LogP contribution in [0.3, 0.4) is 0 Å². The van der Waals surface area contributed by atoms with Gasteiger partial charge < -0.3 is 15.8 Å². The van der Waals surface area contributed by atoms with Gasteiger partial charge in [-0.3, -0.25) is 9.78 Å². The number of halogens is 3. The molecule has 3 aliphatic rings. The number of hydrogen-bond acceptors (Lipinski definition) is 5. The summed E-state index contributed by atoms with van der Waals surface area (Å²) in [6, 6.07) is 7.08. The van der Waals surface area contributed by atoms with Crippen molar-refractivity contribution in [2.24, 2.45) is 17.6 Å². The van der Waals surface area contributed by atoms with Crippen LogP contribution in [0.1, 0.15) is 41.4 Å². The predicted molar refractivity (Wildman–Crippen MR) is 117 cm³/mol. The van der Waals surface area contributed by atoms with E-state index >= 15 is 0 Å². The number of carbonyl (C=O) groups excluding carboxylic acids is 1. The number of nitrogens with one attached hydrogen (secondary N) is 1. The molecule has 1 aliphatic heterocycles. The van der Waals surface area contributed by atoms with Crippen LogP contribution in [-0.4, -0.2) is 27.5 Å². The summed E-state index contributed by atoms with van der Waals surface area (Å²) in [7, 11) is 0. The molecule has 2 unspecified atom stereocenters. The van der Waals surface area contributed by atoms with Crippen molar-refractivity contribution >= 4 is 11.6 Å². The second-order valence-corrected chi connectivity index (χ2v) is 9.24. The highest BCUT2D eigenvalue weighted by molar-refractivity contribution is 6.03. The fourth-order valence-corrected chi connectivity index (χ4v) is 5.54. The standard InChI is InChI=1S/C25H21F3N4O2/c26-15-2-1-3-16(27)22(15)23-17(28)4-5-19(31-23)24(33)32-20-11-30-7-6-13(20)21-9-18(29)14-8-12-10-25(12,14)34-21/h1-7,11-12,14,18,21H,8-10,29H2,(H,32,33)/t12?,14-,18-,21-,25?/m1/s1. The van der Waals surface area contributed by atoms with Gasteiger partial charge in [-0.1, -0.05) is 6.07 Å². The molecule has 3 heterocycles. The molecule has 2 aliphatic carbocycles. The van der Waals surface area contributed by atoms with Crippen LogP contribution in [0.25, 0.3) is 11.3 Å². The third-order valence-corrected chi connectivity index (χ3v) is 7.36. The first-order chi connectivity index (χ1) is 16.4. The molecule has 1 amide bonds. The number of amides is 1. The third kappa shape index (κ3) is 3.22. The molecule has 174 valence electrons. The molecule has 9 heteroatoms. The minimum absolute atomic E-state index is 0.0196. The van der Waals surface area contributed by atoms with E-state index in [9.17, 15) is 18.0 Å². The van der Waals surface area contributed by atoms with Gasteiger partial charge in [-0.25, -0.2) is 18.2 Å². The second kappa shape index (κ2) is 7.61. The van der Waals surface area contributed by atoms with E-state index in [0.717, 1.165) is 42.7 Å². The van der Waals surface area contributed by atoms with Gasteiger partial charge in [-0.2, -0.15) is 0 Å². The smallest absolute Gasteiger partial charge is 0.274 e. The van der Waals surface area contributed by atoms with Gasteiger partial charge in [0, 0.05) is 23.7 Å². The van der Waals surface area contributed by atoms with Crippen LogP contribution in [0.5, 0.6) is 0 Å². The summed E-state index contributed by atoms with van der Waals surface area (Å²) in [5.41, 5.74) is 6.04. The van der Waals surface area contributed by atoms with E-state index in [1.807, 2.05) is 0 Å². The molecule has 1 spiro atoms. The van der Waals surface area contributed by atoms with Crippen molar-refractivity contribution in [3.8, 4) is 11.3 Å². The lowest BCUT2D eigenvalue weighted by atomic mass is 9.72. The predicted octanol–water partition coefficient (Wildman–Crippen LogP) is 4.38. The van der Waals surface area contributed by atoms with E-state index in [4.69, 9.17) is 10.5 Å². The Kier molecular flexibility index (Phi) is 4.76. The molecule has 3 fully saturated rings. The van der Waals surface area contributed by atoms with Crippen LogP contribution in [0.15, 0.2) is 48.8 Å². The fraction of sp³-hybridized carbons (Fsp3) is 0.320. The van der Waals surface area contributed by atoms with Gasteiger partial charge in [0.15, 0.2) is 0 Å². The Balaban J connectivity index is 1.28. The van der Waals surface area contributed by atoms with E-state index in [1.54, 1.807) is 12.3 Å². The number of hydrogen-bond donors (Lipinski definition) is 2. The van der Waals surface area contributed by atoms with Crippen molar-refractivity contribution in [2.75, 3.05) is 5.32 Å². The average molecular weight is 466 g/mol. The number of pyridine rings is 2. The monoisotopic (exact) mass is 466 g/mol. The topological polar surface area (TPSA) is 90.1 Å². The number of ether oxygens (including phenoxy) is 1. The molecule has 0 radical (unpaired) electrons. The lowest BCUT2D eigenvalue weighted by Crippen LogP contribution is -2.53. The van der Waals surface area contributed by atoms with Gasteiger partial charge in [-0.15, -0.1) is 0 Å². The number of benzene rings is 1. The SMILES string of the molecule is N[C@@H]1C[C@H](c2ccncc2NC(=O)c2ccc(F)c(-c3c(F)cccc3F)n2)OC23CC2C[C@H]13. The quantitative estimate of drug-likeness (QED) is 0.596. The summed E-state index contributed by atoms with van der Waals surface area (Å²) in [5.74, 6) is -2.62. The summed E-state index contributed by atoms with van der Waals surface area (Å²) in [5, 5.41) is 2.74. The molecule has 6 nitrogen and oxygen atoms in total. The lowest BCUT2D eigenvalue weighted by molar-refractivity contribution is -0.157. The zero-order valence-corrected chi connectivity index (χ0v) is 18.0. The van der Waals surface area contributed by atoms with Crippen molar-refractivity contribution < 1.29 is 22.7 Å². The summed E-state index contributed by atoms with van der Waals surface area (Å²) in [4.78, 5) is 21.0. The largest absolute Gasteiger partial charge is 0.366 e. The van der Waals surface area contributed by atoms with Gasteiger partial charge in [0.05, 0.1) is 29.2 Å². The molecular weight excluding hydrogens is 445 g/mol. The number of aromatic nitrogens is 2. The number of rotatable bonds is 4. The highest BCUT2D eigenvalue weighted by atomic mass is 19.1. The molecule has 0 bridgehead atoms. The highest BCUT2D eigenvalue weighted by Crippen LogP contribution is 2.70. The fourth-order valence-electron chi connectivity index (χ4n) is 5.54. The molecule has 2 aromatic heterocycles. The van der Waals surface area contributed by atoms with E-state index in [-0.39, 0.29) is 23.4 Å². The van der Waals surface area contributed by atoms with Gasteiger partial charge >= 0.3 is 0 Å². The third-order valence-electron chi connectivity index (χ3n) is 7.36. The maximum atomic E-state index is 14.4. The van der Waals surface area contributed by atoms with E-state index in [0.29, 0.717) is 23.9 Å². The molecule has 3 aromatic rings. The number of carbonyl (C=O) groups is 1. The molecule has 3 N–H and O–H groups in total. The molecule has 6 rings (SSSR count). The summed E-state index contributed by atoms with van der Waals surface area (Å²) >= 11 is 0. The van der Waals surface area contributed by atoms with E-state index in [2.05, 4.69) is 15.3 Å². The van der Waals surface area contributed by atoms with Crippen LogP contribution >= 0.6 is 0 Å². The molecule has 1 saturated heterocycles. The Bertz CT molecular complexity index is 1300. The van der Waals surface area contributed by atoms with Crippen LogP contribution in [0.4, 0.5) is 18.9 Å². The van der Waals surface area contributed by atoms with Crippen LogP contribution in [-0.2, 0) is 4.74 Å². The first kappa shape index (κ1) is 21.2. The highest BCUT2D eigenvalue weighted by Gasteiger charge is 2.72. The molecule has 5 atom stereocenters. The first-order valence-corrected chi connectivity index (χ1v) is 11.2. The number of nitrogens with zero attached hydrogens (tertiary/aromatic N) is 2. The summed E-state index contributed by atoms with van der Waals surface area (Å²) < 4.78 is 49.2. The van der Waals surface area contributed by atoms with Gasteiger partial charge in [-0.05, 0) is 55.5 Å². The Hall–Kier alpha value is -3.30. The van der Waals surface area contributed by atoms with Crippen molar-refractivity contribution in [1.29, 1.82) is 0 Å². The average Bonchev–Trinajstić information content (AvgIpc) is 3.32. The lowest BCUT2D eigenvalue weighted by Gasteiger charge is -2.48. The van der Waals surface area contributed by atoms with Crippen molar-refractivity contribution in [1.82, 2.24) is 9.97 Å². The summed E-state index contributed by atoms with van der Waals surface area (Å²) in [6.45, 7) is 0. The second-order valence-electron chi connectivity index (χ2n) is 9.24. The van der Waals surface area contributed by atoms with Gasteiger partial charge in [0.1, 0.15) is 28.8 Å². The Labute approximate surface area is 193 Å².